The molecule has 2 nitrogen and oxygen atoms in total. The van der Waals surface area contributed by atoms with Gasteiger partial charge in [-0.1, -0.05) is 12.2 Å². The number of rotatable bonds is 4. The minimum Gasteiger partial charge on any atom is -0.465 e. The number of carbonyl (C=O) groups excluding carboxylic acids is 1. The summed E-state index contributed by atoms with van der Waals surface area (Å²) in [6.45, 7) is 2.26. The molecule has 0 saturated heterocycles. The average molecular weight is 271 g/mol. The van der Waals surface area contributed by atoms with E-state index in [2.05, 4.69) is 12.2 Å². The molecular weight excluding hydrogens is 256 g/mol. The summed E-state index contributed by atoms with van der Waals surface area (Å²) in [5, 5.41) is 0. The van der Waals surface area contributed by atoms with Crippen LogP contribution in [-0.2, 0) is 20.8 Å². The zero-order chi connectivity index (χ0) is 12.3. The van der Waals surface area contributed by atoms with Crippen LogP contribution in [0, 0.1) is 0 Å². The molecule has 0 N–H and O–H groups in total. The van der Waals surface area contributed by atoms with Gasteiger partial charge in [-0.05, 0) is 31.9 Å². The molecule has 1 aromatic heterocycles. The Kier molecular flexibility index (Phi) is 3.89. The first-order chi connectivity index (χ1) is 8.23. The van der Waals surface area contributed by atoms with Gasteiger partial charge in [0, 0.05) is 9.75 Å². The maximum Gasteiger partial charge on any atom is 0.318 e. The van der Waals surface area contributed by atoms with Gasteiger partial charge in [0.2, 0.25) is 0 Å². The monoisotopic (exact) mass is 270 g/mol. The summed E-state index contributed by atoms with van der Waals surface area (Å²) in [5.41, 5.74) is -0.495. The van der Waals surface area contributed by atoms with E-state index >= 15 is 0 Å². The van der Waals surface area contributed by atoms with E-state index in [9.17, 15) is 4.79 Å². The molecule has 0 unspecified atom stereocenters. The molecule has 0 bridgehead atoms. The second-order valence-corrected chi connectivity index (χ2v) is 5.52. The number of hydrogen-bond acceptors (Lipinski definition) is 3. The Labute approximate surface area is 110 Å². The predicted octanol–water partition coefficient (Wildman–Crippen LogP) is 3.64. The normalized spacial score (nSPS) is 17.3. The number of hydrogen-bond donors (Lipinski definition) is 0. The first-order valence-corrected chi connectivity index (χ1v) is 7.05. The summed E-state index contributed by atoms with van der Waals surface area (Å²) >= 11 is 7.42. The second kappa shape index (κ2) is 5.23. The van der Waals surface area contributed by atoms with Crippen LogP contribution in [0.4, 0.5) is 0 Å². The second-order valence-electron chi connectivity index (χ2n) is 4.08. The lowest BCUT2D eigenvalue weighted by Crippen LogP contribution is -2.34. The lowest BCUT2D eigenvalue weighted by molar-refractivity contribution is -0.149. The van der Waals surface area contributed by atoms with Crippen LogP contribution in [0.25, 0.3) is 0 Å². The molecule has 0 atom stereocenters. The number of ether oxygens (including phenoxy) is 1. The molecule has 0 aromatic carbocycles. The minimum absolute atomic E-state index is 0.118. The Morgan fingerprint density at radius 2 is 2.18 bits per heavy atom. The number of carbonyl (C=O) groups is 1. The van der Waals surface area contributed by atoms with Crippen LogP contribution in [-0.4, -0.2) is 12.6 Å². The standard InChI is InChI=1S/C13H15ClO2S/c1-2-16-12(15)13(7-3-4-8-13)11-6-5-10(9-14)17-11/h3-6H,2,7-9H2,1H3. The van der Waals surface area contributed by atoms with Crippen LogP contribution in [0.1, 0.15) is 29.5 Å². The van der Waals surface area contributed by atoms with Gasteiger partial charge in [0.15, 0.2) is 0 Å². The first kappa shape index (κ1) is 12.7. The molecule has 92 valence electrons. The van der Waals surface area contributed by atoms with Gasteiger partial charge < -0.3 is 4.74 Å². The van der Waals surface area contributed by atoms with Crippen molar-refractivity contribution in [3.63, 3.8) is 0 Å². The lowest BCUT2D eigenvalue weighted by Gasteiger charge is -2.25. The Bertz CT molecular complexity index is 428. The van der Waals surface area contributed by atoms with E-state index in [0.717, 1.165) is 22.6 Å². The van der Waals surface area contributed by atoms with Crippen LogP contribution in [0.2, 0.25) is 0 Å². The molecular formula is C13H15ClO2S. The quantitative estimate of drug-likeness (QED) is 0.474. The SMILES string of the molecule is CCOC(=O)C1(c2ccc(CCl)s2)CC=CC1. The fourth-order valence-corrected chi connectivity index (χ4v) is 3.40. The van der Waals surface area contributed by atoms with Gasteiger partial charge in [0.25, 0.3) is 0 Å². The summed E-state index contributed by atoms with van der Waals surface area (Å²) in [4.78, 5) is 14.3. The molecule has 1 aliphatic carbocycles. The van der Waals surface area contributed by atoms with Crippen LogP contribution in [0.3, 0.4) is 0 Å². The highest BCUT2D eigenvalue weighted by Gasteiger charge is 2.43. The third kappa shape index (κ3) is 2.26. The molecule has 0 amide bonds. The molecule has 1 aromatic rings. The number of thiophene rings is 1. The van der Waals surface area contributed by atoms with E-state index in [4.69, 9.17) is 16.3 Å². The van der Waals surface area contributed by atoms with E-state index in [1.807, 2.05) is 19.1 Å². The Balaban J connectivity index is 2.31. The molecule has 1 aliphatic rings. The van der Waals surface area contributed by atoms with Crippen LogP contribution >= 0.6 is 22.9 Å². The van der Waals surface area contributed by atoms with Crippen molar-refractivity contribution in [2.24, 2.45) is 0 Å². The van der Waals surface area contributed by atoms with E-state index in [0.29, 0.717) is 12.5 Å². The fourth-order valence-electron chi connectivity index (χ4n) is 2.10. The van der Waals surface area contributed by atoms with Crippen LogP contribution in [0.5, 0.6) is 0 Å². The molecule has 0 fully saturated rings. The lowest BCUT2D eigenvalue weighted by atomic mass is 9.84. The molecule has 0 aliphatic heterocycles. The highest BCUT2D eigenvalue weighted by molar-refractivity contribution is 7.12. The number of allylic oxidation sites excluding steroid dienone is 2. The Morgan fingerprint density at radius 3 is 2.71 bits per heavy atom. The average Bonchev–Trinajstić information content (AvgIpc) is 2.99. The van der Waals surface area contributed by atoms with Gasteiger partial charge in [-0.25, -0.2) is 0 Å². The van der Waals surface area contributed by atoms with Crippen molar-refractivity contribution >= 4 is 28.9 Å². The fraction of sp³-hybridized carbons (Fsp3) is 0.462. The van der Waals surface area contributed by atoms with Crippen molar-refractivity contribution in [2.75, 3.05) is 6.61 Å². The van der Waals surface area contributed by atoms with Gasteiger partial charge in [-0.15, -0.1) is 22.9 Å². The summed E-state index contributed by atoms with van der Waals surface area (Å²) in [6.07, 6.45) is 5.57. The van der Waals surface area contributed by atoms with Gasteiger partial charge in [0.1, 0.15) is 5.41 Å². The molecule has 0 spiro atoms. The number of alkyl halides is 1. The molecule has 0 radical (unpaired) electrons. The largest absolute Gasteiger partial charge is 0.465 e. The third-order valence-electron chi connectivity index (χ3n) is 3.03. The zero-order valence-electron chi connectivity index (χ0n) is 9.74. The topological polar surface area (TPSA) is 26.3 Å². The highest BCUT2D eigenvalue weighted by Crippen LogP contribution is 2.42. The summed E-state index contributed by atoms with van der Waals surface area (Å²) in [7, 11) is 0. The van der Waals surface area contributed by atoms with E-state index in [1.54, 1.807) is 11.3 Å². The summed E-state index contributed by atoms with van der Waals surface area (Å²) in [6, 6.07) is 4.00. The van der Waals surface area contributed by atoms with Gasteiger partial charge in [0.05, 0.1) is 12.5 Å². The van der Waals surface area contributed by atoms with E-state index in [-0.39, 0.29) is 5.97 Å². The maximum absolute atomic E-state index is 12.2. The minimum atomic E-state index is -0.495. The maximum atomic E-state index is 12.2. The molecule has 4 heteroatoms. The Morgan fingerprint density at radius 1 is 1.47 bits per heavy atom. The smallest absolute Gasteiger partial charge is 0.318 e. The van der Waals surface area contributed by atoms with Crippen molar-refractivity contribution in [3.05, 3.63) is 34.0 Å². The highest BCUT2D eigenvalue weighted by atomic mass is 35.5. The van der Waals surface area contributed by atoms with Crippen LogP contribution < -0.4 is 0 Å². The Hall–Kier alpha value is -0.800. The van der Waals surface area contributed by atoms with Gasteiger partial charge >= 0.3 is 5.97 Å². The van der Waals surface area contributed by atoms with E-state index in [1.165, 1.54) is 0 Å². The van der Waals surface area contributed by atoms with Crippen molar-refractivity contribution in [2.45, 2.75) is 31.1 Å². The first-order valence-electron chi connectivity index (χ1n) is 5.70. The zero-order valence-corrected chi connectivity index (χ0v) is 11.3. The van der Waals surface area contributed by atoms with Crippen LogP contribution in [0.15, 0.2) is 24.3 Å². The number of esters is 1. The predicted molar refractivity (Wildman–Crippen MR) is 70.6 cm³/mol. The van der Waals surface area contributed by atoms with Crippen molar-refractivity contribution in [3.8, 4) is 0 Å². The van der Waals surface area contributed by atoms with Gasteiger partial charge in [-0.2, -0.15) is 0 Å². The molecule has 17 heavy (non-hydrogen) atoms. The molecule has 2 rings (SSSR count). The molecule has 0 saturated carbocycles. The molecule has 1 heterocycles. The third-order valence-corrected chi connectivity index (χ3v) is 4.77. The number of halogens is 1. The van der Waals surface area contributed by atoms with E-state index < -0.39 is 5.41 Å². The van der Waals surface area contributed by atoms with Crippen molar-refractivity contribution in [1.29, 1.82) is 0 Å². The van der Waals surface area contributed by atoms with Crippen molar-refractivity contribution in [1.82, 2.24) is 0 Å². The summed E-state index contributed by atoms with van der Waals surface area (Å²) < 4.78 is 5.22. The van der Waals surface area contributed by atoms with Gasteiger partial charge in [-0.3, -0.25) is 4.79 Å². The summed E-state index contributed by atoms with van der Waals surface area (Å²) in [5.74, 6) is 0.379. The van der Waals surface area contributed by atoms with Crippen molar-refractivity contribution < 1.29 is 9.53 Å².